The van der Waals surface area contributed by atoms with Gasteiger partial charge in [-0.1, -0.05) is 6.42 Å². The van der Waals surface area contributed by atoms with E-state index in [9.17, 15) is 9.90 Å². The van der Waals surface area contributed by atoms with Gasteiger partial charge in [0.2, 0.25) is 0 Å². The molecule has 0 bridgehead atoms. The smallest absolute Gasteiger partial charge is 0.122 e. The number of carbonyl (C=O) groups is 1. The minimum Gasteiger partial charge on any atom is -0.389 e. The lowest BCUT2D eigenvalue weighted by Gasteiger charge is -2.35. The first kappa shape index (κ1) is 9.20. The van der Waals surface area contributed by atoms with Gasteiger partial charge < -0.3 is 9.90 Å². The Bertz CT molecular complexity index is 198. The summed E-state index contributed by atoms with van der Waals surface area (Å²) in [6.07, 6.45) is 7.98. The molecule has 2 nitrogen and oxygen atoms in total. The molecule has 2 aliphatic carbocycles. The standard InChI is InChI=1S/C11H18O2/c12-7-6-11(13)5-1-2-10(8-11)9-3-4-9/h7,9-10,13H,1-6,8H2. The predicted molar refractivity (Wildman–Crippen MR) is 50.3 cm³/mol. The molecule has 0 amide bonds. The first-order valence-corrected chi connectivity index (χ1v) is 5.39. The molecule has 2 fully saturated rings. The Balaban J connectivity index is 1.93. The largest absolute Gasteiger partial charge is 0.389 e. The summed E-state index contributed by atoms with van der Waals surface area (Å²) in [5, 5.41) is 10.1. The third-order valence-electron chi connectivity index (χ3n) is 3.61. The minimum absolute atomic E-state index is 0.343. The molecule has 13 heavy (non-hydrogen) atoms. The van der Waals surface area contributed by atoms with Crippen LogP contribution in [-0.4, -0.2) is 17.0 Å². The summed E-state index contributed by atoms with van der Waals surface area (Å²) in [5.74, 6) is 1.58. The van der Waals surface area contributed by atoms with Crippen LogP contribution in [0.2, 0.25) is 0 Å². The van der Waals surface area contributed by atoms with Crippen molar-refractivity contribution in [3.63, 3.8) is 0 Å². The summed E-state index contributed by atoms with van der Waals surface area (Å²) in [5.41, 5.74) is -0.646. The van der Waals surface area contributed by atoms with Crippen LogP contribution in [0, 0.1) is 11.8 Å². The van der Waals surface area contributed by atoms with E-state index in [2.05, 4.69) is 0 Å². The van der Waals surface area contributed by atoms with Gasteiger partial charge in [0.25, 0.3) is 0 Å². The van der Waals surface area contributed by atoms with E-state index < -0.39 is 5.60 Å². The fourth-order valence-electron chi connectivity index (χ4n) is 2.70. The van der Waals surface area contributed by atoms with Gasteiger partial charge in [-0.05, 0) is 43.9 Å². The van der Waals surface area contributed by atoms with Crippen molar-refractivity contribution in [2.45, 2.75) is 50.5 Å². The maximum Gasteiger partial charge on any atom is 0.122 e. The molecule has 2 atom stereocenters. The van der Waals surface area contributed by atoms with Gasteiger partial charge in [-0.3, -0.25) is 0 Å². The quantitative estimate of drug-likeness (QED) is 0.677. The van der Waals surface area contributed by atoms with Gasteiger partial charge >= 0.3 is 0 Å². The van der Waals surface area contributed by atoms with Crippen molar-refractivity contribution in [2.24, 2.45) is 11.8 Å². The Hall–Kier alpha value is -0.370. The average Bonchev–Trinajstić information content (AvgIpc) is 2.86. The summed E-state index contributed by atoms with van der Waals surface area (Å²) < 4.78 is 0. The van der Waals surface area contributed by atoms with Crippen molar-refractivity contribution >= 4 is 6.29 Å². The van der Waals surface area contributed by atoms with Crippen LogP contribution in [0.4, 0.5) is 0 Å². The van der Waals surface area contributed by atoms with Crippen molar-refractivity contribution in [2.75, 3.05) is 0 Å². The van der Waals surface area contributed by atoms with Gasteiger partial charge in [0.05, 0.1) is 5.60 Å². The third-order valence-corrected chi connectivity index (χ3v) is 3.61. The van der Waals surface area contributed by atoms with E-state index >= 15 is 0 Å². The number of aliphatic hydroxyl groups is 1. The molecule has 2 heteroatoms. The summed E-state index contributed by atoms with van der Waals surface area (Å²) in [7, 11) is 0. The molecule has 0 aliphatic heterocycles. The van der Waals surface area contributed by atoms with Gasteiger partial charge in [-0.15, -0.1) is 0 Å². The lowest BCUT2D eigenvalue weighted by Crippen LogP contribution is -2.36. The highest BCUT2D eigenvalue weighted by atomic mass is 16.3. The molecule has 1 N–H and O–H groups in total. The maximum absolute atomic E-state index is 10.4. The van der Waals surface area contributed by atoms with E-state index in [4.69, 9.17) is 0 Å². The van der Waals surface area contributed by atoms with Gasteiger partial charge in [0.15, 0.2) is 0 Å². The van der Waals surface area contributed by atoms with E-state index in [-0.39, 0.29) is 0 Å². The molecule has 2 unspecified atom stereocenters. The zero-order chi connectivity index (χ0) is 9.31. The monoisotopic (exact) mass is 182 g/mol. The Labute approximate surface area is 79.3 Å². The molecular formula is C11H18O2. The van der Waals surface area contributed by atoms with E-state index in [0.717, 1.165) is 31.5 Å². The zero-order valence-electron chi connectivity index (χ0n) is 8.04. The highest BCUT2D eigenvalue weighted by molar-refractivity contribution is 5.51. The van der Waals surface area contributed by atoms with Gasteiger partial charge in [-0.2, -0.15) is 0 Å². The van der Waals surface area contributed by atoms with Crippen LogP contribution in [0.15, 0.2) is 0 Å². The molecule has 0 heterocycles. The fraction of sp³-hybridized carbons (Fsp3) is 0.909. The van der Waals surface area contributed by atoms with Crippen molar-refractivity contribution in [1.82, 2.24) is 0 Å². The number of aldehydes is 1. The lowest BCUT2D eigenvalue weighted by atomic mass is 9.75. The van der Waals surface area contributed by atoms with Gasteiger partial charge in [-0.25, -0.2) is 0 Å². The van der Waals surface area contributed by atoms with Gasteiger partial charge in [0.1, 0.15) is 6.29 Å². The second-order valence-electron chi connectivity index (χ2n) is 4.79. The predicted octanol–water partition coefficient (Wildman–Crippen LogP) is 1.91. The van der Waals surface area contributed by atoms with E-state index in [1.54, 1.807) is 0 Å². The molecule has 74 valence electrons. The van der Waals surface area contributed by atoms with Crippen LogP contribution in [0.5, 0.6) is 0 Å². The number of hydrogen-bond donors (Lipinski definition) is 1. The first-order chi connectivity index (χ1) is 6.23. The molecule has 2 saturated carbocycles. The second kappa shape index (κ2) is 3.41. The van der Waals surface area contributed by atoms with E-state index in [1.165, 1.54) is 19.3 Å². The molecular weight excluding hydrogens is 164 g/mol. The number of carbonyl (C=O) groups excluding carboxylic acids is 1. The number of rotatable bonds is 3. The number of hydrogen-bond acceptors (Lipinski definition) is 2. The molecule has 0 radical (unpaired) electrons. The summed E-state index contributed by atoms with van der Waals surface area (Å²) >= 11 is 0. The Morgan fingerprint density at radius 1 is 1.31 bits per heavy atom. The molecule has 0 aromatic rings. The third kappa shape index (κ3) is 2.11. The van der Waals surface area contributed by atoms with Crippen molar-refractivity contribution in [3.05, 3.63) is 0 Å². The molecule has 2 rings (SSSR count). The molecule has 2 aliphatic rings. The summed E-state index contributed by atoms with van der Waals surface area (Å²) in [6.45, 7) is 0. The Morgan fingerprint density at radius 3 is 2.69 bits per heavy atom. The zero-order valence-corrected chi connectivity index (χ0v) is 8.04. The highest BCUT2D eigenvalue weighted by Crippen LogP contribution is 2.47. The molecule has 0 saturated heterocycles. The second-order valence-corrected chi connectivity index (χ2v) is 4.79. The van der Waals surface area contributed by atoms with Crippen molar-refractivity contribution in [3.8, 4) is 0 Å². The molecule has 0 aromatic carbocycles. The van der Waals surface area contributed by atoms with Gasteiger partial charge in [0, 0.05) is 6.42 Å². The van der Waals surface area contributed by atoms with Crippen molar-refractivity contribution < 1.29 is 9.90 Å². The Kier molecular flexibility index (Phi) is 2.41. The fourth-order valence-corrected chi connectivity index (χ4v) is 2.70. The maximum atomic E-state index is 10.4. The van der Waals surface area contributed by atoms with Crippen LogP contribution in [0.1, 0.15) is 44.9 Å². The minimum atomic E-state index is -0.646. The van der Waals surface area contributed by atoms with Crippen LogP contribution in [0.3, 0.4) is 0 Å². The SMILES string of the molecule is O=CCC1(O)CCCC(C2CC2)C1. The highest BCUT2D eigenvalue weighted by Gasteiger charge is 2.40. The topological polar surface area (TPSA) is 37.3 Å². The molecule has 0 aromatic heterocycles. The van der Waals surface area contributed by atoms with E-state index in [0.29, 0.717) is 12.3 Å². The van der Waals surface area contributed by atoms with E-state index in [1.807, 2.05) is 0 Å². The average molecular weight is 182 g/mol. The Morgan fingerprint density at radius 2 is 2.08 bits per heavy atom. The molecule has 0 spiro atoms. The lowest BCUT2D eigenvalue weighted by molar-refractivity contribution is -0.114. The first-order valence-electron chi connectivity index (χ1n) is 5.39. The summed E-state index contributed by atoms with van der Waals surface area (Å²) in [6, 6.07) is 0. The normalized spacial score (nSPS) is 40.2. The van der Waals surface area contributed by atoms with Crippen molar-refractivity contribution in [1.29, 1.82) is 0 Å². The van der Waals surface area contributed by atoms with Crippen LogP contribution < -0.4 is 0 Å². The van der Waals surface area contributed by atoms with Crippen LogP contribution in [-0.2, 0) is 4.79 Å². The summed E-state index contributed by atoms with van der Waals surface area (Å²) in [4.78, 5) is 10.4. The van der Waals surface area contributed by atoms with Crippen LogP contribution in [0.25, 0.3) is 0 Å². The van der Waals surface area contributed by atoms with Crippen LogP contribution >= 0.6 is 0 Å².